The molecular formula is C21H20N4O3S. The molecule has 0 spiro atoms. The van der Waals surface area contributed by atoms with Crippen LogP contribution in [0.5, 0.6) is 0 Å². The number of benzene rings is 2. The van der Waals surface area contributed by atoms with Crippen LogP contribution in [0.25, 0.3) is 10.4 Å². The van der Waals surface area contributed by atoms with Crippen molar-refractivity contribution in [2.75, 3.05) is 11.1 Å². The number of amides is 3. The second-order valence-corrected chi connectivity index (χ2v) is 7.31. The van der Waals surface area contributed by atoms with Crippen LogP contribution in [0, 0.1) is 0 Å². The zero-order valence-electron chi connectivity index (χ0n) is 15.6. The van der Waals surface area contributed by atoms with Crippen molar-refractivity contribution >= 4 is 40.4 Å². The smallest absolute Gasteiger partial charge is 0.255 e. The molecule has 6 N–H and O–H groups in total. The van der Waals surface area contributed by atoms with E-state index in [2.05, 4.69) is 10.6 Å². The highest BCUT2D eigenvalue weighted by molar-refractivity contribution is 7.13. The van der Waals surface area contributed by atoms with Crippen molar-refractivity contribution in [3.63, 3.8) is 0 Å². The number of hydrogen-bond donors (Lipinski definition) is 4. The van der Waals surface area contributed by atoms with Gasteiger partial charge in [0.25, 0.3) is 5.91 Å². The molecule has 7 nitrogen and oxygen atoms in total. The van der Waals surface area contributed by atoms with Gasteiger partial charge in [0.2, 0.25) is 11.8 Å². The SMILES string of the molecule is CC(=O)NC(C(N)=O)c1cc(N)c(NC(=O)c2ccccc2)cc1-c1cccs1. The van der Waals surface area contributed by atoms with Gasteiger partial charge in [0.1, 0.15) is 6.04 Å². The molecule has 3 rings (SSSR count). The van der Waals surface area contributed by atoms with E-state index in [4.69, 9.17) is 11.5 Å². The number of nitrogens with one attached hydrogen (secondary N) is 2. The van der Waals surface area contributed by atoms with Gasteiger partial charge in [-0.2, -0.15) is 0 Å². The molecule has 0 fully saturated rings. The number of nitrogen functional groups attached to an aromatic ring is 1. The number of nitrogens with two attached hydrogens (primary N) is 2. The predicted octanol–water partition coefficient (Wildman–Crippen LogP) is 2.91. The standard InChI is InChI=1S/C21H20N4O3S/c1-12(26)24-19(20(23)27)15-10-16(22)17(11-14(15)18-8-5-9-29-18)25-21(28)13-6-3-2-4-7-13/h2-11,19H,22H2,1H3,(H2,23,27)(H,24,26)(H,25,28). The number of carbonyl (C=O) groups is 3. The largest absolute Gasteiger partial charge is 0.397 e. The van der Waals surface area contributed by atoms with Gasteiger partial charge in [-0.1, -0.05) is 24.3 Å². The molecule has 1 aromatic heterocycles. The van der Waals surface area contributed by atoms with Gasteiger partial charge in [0.15, 0.2) is 0 Å². The van der Waals surface area contributed by atoms with Crippen LogP contribution >= 0.6 is 11.3 Å². The van der Waals surface area contributed by atoms with Crippen LogP contribution in [0.4, 0.5) is 11.4 Å². The van der Waals surface area contributed by atoms with Gasteiger partial charge in [-0.3, -0.25) is 14.4 Å². The minimum atomic E-state index is -1.05. The molecule has 3 amide bonds. The van der Waals surface area contributed by atoms with E-state index in [0.29, 0.717) is 22.4 Å². The van der Waals surface area contributed by atoms with Crippen molar-refractivity contribution < 1.29 is 14.4 Å². The molecule has 1 atom stereocenters. The highest BCUT2D eigenvalue weighted by atomic mass is 32.1. The van der Waals surface area contributed by atoms with E-state index >= 15 is 0 Å². The van der Waals surface area contributed by atoms with Crippen LogP contribution in [0.3, 0.4) is 0 Å². The lowest BCUT2D eigenvalue weighted by atomic mass is 9.96. The summed E-state index contributed by atoms with van der Waals surface area (Å²) < 4.78 is 0. The van der Waals surface area contributed by atoms with Gasteiger partial charge in [-0.15, -0.1) is 11.3 Å². The summed E-state index contributed by atoms with van der Waals surface area (Å²) in [4.78, 5) is 37.0. The summed E-state index contributed by atoms with van der Waals surface area (Å²) in [5.41, 5.74) is 13.9. The summed E-state index contributed by atoms with van der Waals surface area (Å²) in [6.45, 7) is 1.30. The Balaban J connectivity index is 2.07. The molecule has 3 aromatic rings. The van der Waals surface area contributed by atoms with Crippen molar-refractivity contribution in [1.82, 2.24) is 5.32 Å². The molecule has 0 saturated carbocycles. The molecule has 0 aliphatic carbocycles. The normalized spacial score (nSPS) is 11.5. The summed E-state index contributed by atoms with van der Waals surface area (Å²) in [7, 11) is 0. The third kappa shape index (κ3) is 4.61. The van der Waals surface area contributed by atoms with E-state index in [1.807, 2.05) is 23.6 Å². The minimum absolute atomic E-state index is 0.251. The van der Waals surface area contributed by atoms with Crippen LogP contribution in [-0.2, 0) is 9.59 Å². The summed E-state index contributed by atoms with van der Waals surface area (Å²) in [5, 5.41) is 7.25. The molecule has 1 unspecified atom stereocenters. The highest BCUT2D eigenvalue weighted by Gasteiger charge is 2.25. The number of anilines is 2. The summed E-state index contributed by atoms with van der Waals surface area (Å²) in [6, 6.07) is 14.7. The number of rotatable bonds is 6. The highest BCUT2D eigenvalue weighted by Crippen LogP contribution is 2.37. The first-order valence-corrected chi connectivity index (χ1v) is 9.65. The fraction of sp³-hybridized carbons (Fsp3) is 0.0952. The molecule has 0 radical (unpaired) electrons. The molecule has 8 heteroatoms. The zero-order chi connectivity index (χ0) is 21.0. The lowest BCUT2D eigenvalue weighted by molar-refractivity contribution is -0.126. The molecule has 0 aliphatic heterocycles. The van der Waals surface area contributed by atoms with Crippen LogP contribution < -0.4 is 22.1 Å². The van der Waals surface area contributed by atoms with E-state index in [9.17, 15) is 14.4 Å². The first kappa shape index (κ1) is 20.1. The Morgan fingerprint density at radius 3 is 2.34 bits per heavy atom. The number of carbonyl (C=O) groups excluding carboxylic acids is 3. The van der Waals surface area contributed by atoms with Crippen LogP contribution in [-0.4, -0.2) is 17.7 Å². The van der Waals surface area contributed by atoms with Crippen molar-refractivity contribution in [3.05, 3.63) is 71.1 Å². The Morgan fingerprint density at radius 1 is 1.03 bits per heavy atom. The number of thiophene rings is 1. The average molecular weight is 408 g/mol. The van der Waals surface area contributed by atoms with Crippen LogP contribution in [0.2, 0.25) is 0 Å². The molecule has 0 aliphatic rings. The first-order chi connectivity index (χ1) is 13.9. The molecule has 148 valence electrons. The third-order valence-electron chi connectivity index (χ3n) is 4.24. The minimum Gasteiger partial charge on any atom is -0.397 e. The number of primary amides is 1. The van der Waals surface area contributed by atoms with Gasteiger partial charge < -0.3 is 22.1 Å². The van der Waals surface area contributed by atoms with E-state index < -0.39 is 17.9 Å². The molecule has 2 aromatic carbocycles. The Bertz CT molecular complexity index is 1050. The van der Waals surface area contributed by atoms with Gasteiger partial charge in [0.05, 0.1) is 11.4 Å². The zero-order valence-corrected chi connectivity index (χ0v) is 16.5. The summed E-state index contributed by atoms with van der Waals surface area (Å²) in [5.74, 6) is -1.42. The topological polar surface area (TPSA) is 127 Å². The number of hydrogen-bond acceptors (Lipinski definition) is 5. The van der Waals surface area contributed by atoms with E-state index in [1.165, 1.54) is 18.3 Å². The maximum Gasteiger partial charge on any atom is 0.255 e. The monoisotopic (exact) mass is 408 g/mol. The van der Waals surface area contributed by atoms with Gasteiger partial charge >= 0.3 is 0 Å². The van der Waals surface area contributed by atoms with Gasteiger partial charge in [-0.25, -0.2) is 0 Å². The van der Waals surface area contributed by atoms with Crippen molar-refractivity contribution in [3.8, 4) is 10.4 Å². The van der Waals surface area contributed by atoms with Crippen LogP contribution in [0.1, 0.15) is 28.9 Å². The third-order valence-corrected chi connectivity index (χ3v) is 5.14. The average Bonchev–Trinajstić information content (AvgIpc) is 3.22. The van der Waals surface area contributed by atoms with Crippen molar-refractivity contribution in [1.29, 1.82) is 0 Å². The summed E-state index contributed by atoms with van der Waals surface area (Å²) in [6.07, 6.45) is 0. The molecule has 0 bridgehead atoms. The molecular weight excluding hydrogens is 388 g/mol. The van der Waals surface area contributed by atoms with E-state index in [0.717, 1.165) is 4.88 Å². The Kier molecular flexibility index (Phi) is 5.94. The Labute approximate surface area is 171 Å². The molecule has 0 saturated heterocycles. The quantitative estimate of drug-likeness (QED) is 0.468. The maximum absolute atomic E-state index is 12.5. The first-order valence-electron chi connectivity index (χ1n) is 8.77. The van der Waals surface area contributed by atoms with Crippen molar-refractivity contribution in [2.24, 2.45) is 5.73 Å². The fourth-order valence-electron chi connectivity index (χ4n) is 2.92. The maximum atomic E-state index is 12.5. The van der Waals surface area contributed by atoms with Gasteiger partial charge in [0, 0.05) is 17.4 Å². The van der Waals surface area contributed by atoms with E-state index in [-0.39, 0.29) is 11.6 Å². The predicted molar refractivity (Wildman–Crippen MR) is 114 cm³/mol. The van der Waals surface area contributed by atoms with E-state index in [1.54, 1.807) is 36.4 Å². The second kappa shape index (κ2) is 8.57. The Hall–Kier alpha value is -3.65. The lowest BCUT2D eigenvalue weighted by Crippen LogP contribution is -2.36. The second-order valence-electron chi connectivity index (χ2n) is 6.36. The van der Waals surface area contributed by atoms with Crippen molar-refractivity contribution in [2.45, 2.75) is 13.0 Å². The summed E-state index contributed by atoms with van der Waals surface area (Å²) >= 11 is 1.45. The van der Waals surface area contributed by atoms with Crippen LogP contribution in [0.15, 0.2) is 60.0 Å². The molecule has 1 heterocycles. The lowest BCUT2D eigenvalue weighted by Gasteiger charge is -2.20. The fourth-order valence-corrected chi connectivity index (χ4v) is 3.68. The van der Waals surface area contributed by atoms with Gasteiger partial charge in [-0.05, 0) is 46.8 Å². The Morgan fingerprint density at radius 2 is 1.76 bits per heavy atom. The molecule has 29 heavy (non-hydrogen) atoms.